The maximum absolute atomic E-state index is 12.3. The van der Waals surface area contributed by atoms with Crippen LogP contribution in [0.3, 0.4) is 0 Å². The lowest BCUT2D eigenvalue weighted by Crippen LogP contribution is -2.38. The Balaban J connectivity index is 1.43. The van der Waals surface area contributed by atoms with Crippen molar-refractivity contribution in [1.82, 2.24) is 29.8 Å². The Morgan fingerprint density at radius 3 is 2.77 bits per heavy atom. The number of nitrogens with two attached hydrogens (primary N) is 1. The highest BCUT2D eigenvalue weighted by Crippen LogP contribution is 2.32. The summed E-state index contributed by atoms with van der Waals surface area (Å²) in [6, 6.07) is 0.404. The molecule has 8 nitrogen and oxygen atoms in total. The highest BCUT2D eigenvalue weighted by molar-refractivity contribution is 7.11. The quantitative estimate of drug-likeness (QED) is 0.664. The number of nitrogens with one attached hydrogen (secondary N) is 1. The molecule has 1 amide bonds. The number of nitrogen functional groups attached to an aromatic ring is 1. The number of thiazole rings is 1. The minimum absolute atomic E-state index is 0.0908. The van der Waals surface area contributed by atoms with Gasteiger partial charge in [0, 0.05) is 23.2 Å². The first-order chi connectivity index (χ1) is 12.5. The number of fused-ring (bicyclic) bond motifs is 1. The second-order valence-electron chi connectivity index (χ2n) is 6.47. The fraction of sp³-hybridized carbons (Fsp3) is 0.438. The second kappa shape index (κ2) is 6.81. The number of hydrogen-bond acceptors (Lipinski definition) is 7. The number of amides is 1. The van der Waals surface area contributed by atoms with E-state index in [0.717, 1.165) is 31.4 Å². The zero-order chi connectivity index (χ0) is 18.3. The number of halogens is 1. The molecule has 1 saturated carbocycles. The Morgan fingerprint density at radius 1 is 1.31 bits per heavy atom. The smallest absolute Gasteiger partial charge is 0.280 e. The topological polar surface area (TPSA) is 112 Å². The van der Waals surface area contributed by atoms with Gasteiger partial charge in [0.15, 0.2) is 16.5 Å². The van der Waals surface area contributed by atoms with Crippen molar-refractivity contribution in [3.63, 3.8) is 0 Å². The van der Waals surface area contributed by atoms with E-state index in [1.807, 2.05) is 16.9 Å². The van der Waals surface area contributed by atoms with Crippen molar-refractivity contribution in [2.24, 2.45) is 0 Å². The molecule has 0 unspecified atom stereocenters. The molecule has 26 heavy (non-hydrogen) atoms. The second-order valence-corrected chi connectivity index (χ2v) is 7.67. The molecule has 1 aliphatic carbocycles. The van der Waals surface area contributed by atoms with Crippen molar-refractivity contribution >= 4 is 45.8 Å². The van der Waals surface area contributed by atoms with Gasteiger partial charge in [-0.2, -0.15) is 9.97 Å². The lowest BCUT2D eigenvalue weighted by Gasteiger charge is -2.29. The zero-order valence-electron chi connectivity index (χ0n) is 14.1. The van der Waals surface area contributed by atoms with Crippen LogP contribution in [0.1, 0.15) is 47.2 Å². The molecule has 0 bridgehead atoms. The van der Waals surface area contributed by atoms with E-state index in [1.54, 1.807) is 6.33 Å². The SMILES string of the molecule is Cc1csc(C(=O)NC2CCC(n3cnc4c(N)nc(Cl)nc43)CC2)n1. The number of carbonyl (C=O) groups is 1. The standard InChI is InChI=1S/C16H18ClN7OS/c1-8-6-26-15(20-8)14(25)21-9-2-4-10(5-3-9)24-7-19-11-12(18)22-16(17)23-13(11)24/h6-7,9-10H,2-5H2,1H3,(H,21,25)(H2,18,22,23). The monoisotopic (exact) mass is 391 g/mol. The normalized spacial score (nSPS) is 20.4. The van der Waals surface area contributed by atoms with Crippen LogP contribution >= 0.6 is 22.9 Å². The minimum Gasteiger partial charge on any atom is -0.382 e. The molecule has 1 fully saturated rings. The lowest BCUT2D eigenvalue weighted by molar-refractivity contribution is 0.0922. The van der Waals surface area contributed by atoms with Gasteiger partial charge in [0.1, 0.15) is 5.52 Å². The van der Waals surface area contributed by atoms with E-state index in [4.69, 9.17) is 17.3 Å². The summed E-state index contributed by atoms with van der Waals surface area (Å²) in [5.74, 6) is 0.199. The van der Waals surface area contributed by atoms with E-state index in [1.165, 1.54) is 11.3 Å². The van der Waals surface area contributed by atoms with Crippen LogP contribution in [-0.4, -0.2) is 36.5 Å². The molecular weight excluding hydrogens is 374 g/mol. The molecule has 0 aliphatic heterocycles. The number of anilines is 1. The van der Waals surface area contributed by atoms with E-state index in [0.29, 0.717) is 22.0 Å². The number of aromatic nitrogens is 5. The predicted molar refractivity (Wildman–Crippen MR) is 100 cm³/mol. The molecule has 3 N–H and O–H groups in total. The van der Waals surface area contributed by atoms with Crippen LogP contribution in [0.25, 0.3) is 11.2 Å². The average Bonchev–Trinajstić information content (AvgIpc) is 3.22. The molecule has 4 rings (SSSR count). The molecule has 3 aromatic heterocycles. The number of carbonyl (C=O) groups excluding carboxylic acids is 1. The molecular formula is C16H18ClN7OS. The maximum atomic E-state index is 12.3. The van der Waals surface area contributed by atoms with Crippen LogP contribution in [0.4, 0.5) is 5.82 Å². The van der Waals surface area contributed by atoms with Gasteiger partial charge in [-0.25, -0.2) is 9.97 Å². The van der Waals surface area contributed by atoms with E-state index in [-0.39, 0.29) is 23.3 Å². The number of nitrogens with zero attached hydrogens (tertiary/aromatic N) is 5. The summed E-state index contributed by atoms with van der Waals surface area (Å²) >= 11 is 7.31. The molecule has 0 spiro atoms. The van der Waals surface area contributed by atoms with Gasteiger partial charge in [0.2, 0.25) is 5.28 Å². The Morgan fingerprint density at radius 2 is 2.08 bits per heavy atom. The van der Waals surface area contributed by atoms with Crippen LogP contribution in [-0.2, 0) is 0 Å². The van der Waals surface area contributed by atoms with Crippen molar-refractivity contribution in [2.45, 2.75) is 44.7 Å². The van der Waals surface area contributed by atoms with E-state index in [9.17, 15) is 4.79 Å². The minimum atomic E-state index is -0.0908. The van der Waals surface area contributed by atoms with Gasteiger partial charge in [-0.15, -0.1) is 11.3 Å². The fourth-order valence-corrected chi connectivity index (χ4v) is 4.25. The molecule has 1 aliphatic rings. The molecule has 0 aromatic carbocycles. The van der Waals surface area contributed by atoms with Gasteiger partial charge in [0.05, 0.1) is 6.33 Å². The van der Waals surface area contributed by atoms with Crippen LogP contribution in [0.2, 0.25) is 5.28 Å². The number of rotatable bonds is 3. The molecule has 0 atom stereocenters. The summed E-state index contributed by atoms with van der Waals surface area (Å²) in [7, 11) is 0. The fourth-order valence-electron chi connectivity index (χ4n) is 3.38. The average molecular weight is 392 g/mol. The molecule has 3 heterocycles. The van der Waals surface area contributed by atoms with Crippen LogP contribution in [0, 0.1) is 6.92 Å². The van der Waals surface area contributed by atoms with Crippen molar-refractivity contribution in [1.29, 1.82) is 0 Å². The van der Waals surface area contributed by atoms with Gasteiger partial charge in [-0.3, -0.25) is 4.79 Å². The molecule has 0 radical (unpaired) electrons. The first-order valence-electron chi connectivity index (χ1n) is 8.40. The third-order valence-corrected chi connectivity index (χ3v) is 5.79. The lowest BCUT2D eigenvalue weighted by atomic mass is 9.91. The van der Waals surface area contributed by atoms with Crippen LogP contribution in [0.15, 0.2) is 11.7 Å². The largest absolute Gasteiger partial charge is 0.382 e. The van der Waals surface area contributed by atoms with Gasteiger partial charge >= 0.3 is 0 Å². The predicted octanol–water partition coefficient (Wildman–Crippen LogP) is 2.74. The van der Waals surface area contributed by atoms with E-state index < -0.39 is 0 Å². The molecule has 0 saturated heterocycles. The van der Waals surface area contributed by atoms with Gasteiger partial charge < -0.3 is 15.6 Å². The number of hydrogen-bond donors (Lipinski definition) is 2. The van der Waals surface area contributed by atoms with Crippen molar-refractivity contribution in [2.75, 3.05) is 5.73 Å². The van der Waals surface area contributed by atoms with E-state index in [2.05, 4.69) is 25.3 Å². The summed E-state index contributed by atoms with van der Waals surface area (Å²) < 4.78 is 2.02. The third kappa shape index (κ3) is 3.24. The Hall–Kier alpha value is -2.26. The highest BCUT2D eigenvalue weighted by Gasteiger charge is 2.26. The summed E-state index contributed by atoms with van der Waals surface area (Å²) in [6.07, 6.45) is 5.33. The number of aryl methyl sites for hydroxylation is 1. The molecule has 3 aromatic rings. The van der Waals surface area contributed by atoms with Gasteiger partial charge in [-0.05, 0) is 44.2 Å². The Labute approximate surface area is 158 Å². The maximum Gasteiger partial charge on any atom is 0.280 e. The Bertz CT molecular complexity index is 961. The van der Waals surface area contributed by atoms with Gasteiger partial charge in [0.25, 0.3) is 5.91 Å². The van der Waals surface area contributed by atoms with Crippen LogP contribution < -0.4 is 11.1 Å². The molecule has 10 heteroatoms. The van der Waals surface area contributed by atoms with Crippen molar-refractivity contribution < 1.29 is 4.79 Å². The molecule has 136 valence electrons. The Kier molecular flexibility index (Phi) is 4.49. The van der Waals surface area contributed by atoms with Crippen molar-refractivity contribution in [3.05, 3.63) is 27.7 Å². The summed E-state index contributed by atoms with van der Waals surface area (Å²) in [4.78, 5) is 29.0. The summed E-state index contributed by atoms with van der Waals surface area (Å²) in [5.41, 5.74) is 7.97. The first-order valence-corrected chi connectivity index (χ1v) is 9.65. The zero-order valence-corrected chi connectivity index (χ0v) is 15.7. The van der Waals surface area contributed by atoms with Gasteiger partial charge in [-0.1, -0.05) is 0 Å². The van der Waals surface area contributed by atoms with Crippen molar-refractivity contribution in [3.8, 4) is 0 Å². The third-order valence-electron chi connectivity index (χ3n) is 4.66. The summed E-state index contributed by atoms with van der Waals surface area (Å²) in [6.45, 7) is 1.89. The van der Waals surface area contributed by atoms with E-state index >= 15 is 0 Å². The number of imidazole rings is 1. The van der Waals surface area contributed by atoms with Crippen LogP contribution in [0.5, 0.6) is 0 Å². The first kappa shape index (κ1) is 17.2. The highest BCUT2D eigenvalue weighted by atomic mass is 35.5. The summed E-state index contributed by atoms with van der Waals surface area (Å²) in [5, 5.41) is 5.61.